The van der Waals surface area contributed by atoms with Crippen molar-refractivity contribution in [3.8, 4) is 0 Å². The van der Waals surface area contributed by atoms with Gasteiger partial charge in [0.2, 0.25) is 0 Å². The number of fused-ring (bicyclic) bond motifs is 1. The fourth-order valence-electron chi connectivity index (χ4n) is 1.05. The minimum atomic E-state index is 0.646. The predicted octanol–water partition coefficient (Wildman–Crippen LogP) is 3.56. The van der Waals surface area contributed by atoms with Crippen molar-refractivity contribution in [2.45, 2.75) is 20.8 Å². The van der Waals surface area contributed by atoms with Crippen LogP contribution in [0.3, 0.4) is 0 Å². The molecule has 0 aromatic carbocycles. The third-order valence-corrected chi connectivity index (χ3v) is 3.47. The van der Waals surface area contributed by atoms with E-state index in [1.807, 2.05) is 37.6 Å². The lowest BCUT2D eigenvalue weighted by Crippen LogP contribution is -1.78. The summed E-state index contributed by atoms with van der Waals surface area (Å²) in [6, 6.07) is 2.05. The van der Waals surface area contributed by atoms with E-state index >= 15 is 0 Å². The number of hydrogen-bond donors (Lipinski definition) is 0. The van der Waals surface area contributed by atoms with E-state index < -0.39 is 0 Å². The van der Waals surface area contributed by atoms with Crippen LogP contribution in [0, 0.1) is 6.92 Å². The molecule has 0 saturated carbocycles. The van der Waals surface area contributed by atoms with E-state index in [0.717, 1.165) is 16.6 Å². The smallest absolute Gasteiger partial charge is 0.111 e. The van der Waals surface area contributed by atoms with Gasteiger partial charge in [-0.25, -0.2) is 4.45 Å². The average molecular weight is 321 g/mol. The van der Waals surface area contributed by atoms with E-state index in [1.54, 1.807) is 0 Å². The SMILES string of the molecule is CC.Cc1cnc2cn(PI)nc2c1. The summed E-state index contributed by atoms with van der Waals surface area (Å²) in [5, 5.41) is 4.35. The molecule has 0 fully saturated rings. The molecule has 76 valence electrons. The van der Waals surface area contributed by atoms with Crippen LogP contribution in [0.1, 0.15) is 19.4 Å². The molecule has 0 bridgehead atoms. The highest BCUT2D eigenvalue weighted by Crippen LogP contribution is 2.24. The largest absolute Gasteiger partial charge is 0.253 e. The number of rotatable bonds is 1. The number of hydrogen-bond acceptors (Lipinski definition) is 2. The molecule has 0 radical (unpaired) electrons. The fourth-order valence-corrected chi connectivity index (χ4v) is 2.11. The molecule has 2 aromatic rings. The van der Waals surface area contributed by atoms with Gasteiger partial charge < -0.3 is 0 Å². The molecule has 5 heteroatoms. The summed E-state index contributed by atoms with van der Waals surface area (Å²) >= 11 is 2.30. The topological polar surface area (TPSA) is 30.7 Å². The quantitative estimate of drug-likeness (QED) is 0.594. The first-order valence-corrected chi connectivity index (χ1v) is 8.54. The number of halogens is 1. The molecule has 2 aromatic heterocycles. The van der Waals surface area contributed by atoms with Gasteiger partial charge in [0.1, 0.15) is 11.0 Å². The Morgan fingerprint density at radius 2 is 2.07 bits per heavy atom. The molecular weight excluding hydrogens is 308 g/mol. The third-order valence-electron chi connectivity index (χ3n) is 1.58. The standard InChI is InChI=1S/C7H7IN3P.C2H6/c1-5-2-6-7(9-3-5)4-11(10-6)12-8;1-2/h2-4,12H,1H3;1-2H3. The van der Waals surface area contributed by atoms with Gasteiger partial charge in [-0.1, -0.05) is 13.8 Å². The van der Waals surface area contributed by atoms with Crippen LogP contribution < -0.4 is 0 Å². The lowest BCUT2D eigenvalue weighted by Gasteiger charge is -1.88. The Kier molecular flexibility index (Phi) is 4.75. The van der Waals surface area contributed by atoms with Crippen LogP contribution in [-0.2, 0) is 0 Å². The number of aryl methyl sites for hydroxylation is 1. The summed E-state index contributed by atoms with van der Waals surface area (Å²) in [5.74, 6) is 0. The predicted molar refractivity (Wildman–Crippen MR) is 71.3 cm³/mol. The fraction of sp³-hybridized carbons (Fsp3) is 0.333. The Morgan fingerprint density at radius 1 is 1.36 bits per heavy atom. The minimum Gasteiger partial charge on any atom is -0.253 e. The highest BCUT2D eigenvalue weighted by Gasteiger charge is 1.99. The molecule has 2 heterocycles. The van der Waals surface area contributed by atoms with Crippen LogP contribution in [0.2, 0.25) is 0 Å². The second-order valence-corrected chi connectivity index (χ2v) is 4.65. The molecule has 0 amide bonds. The number of nitrogens with zero attached hydrogens (tertiary/aromatic N) is 3. The van der Waals surface area contributed by atoms with Gasteiger partial charge in [-0.3, -0.25) is 4.98 Å². The van der Waals surface area contributed by atoms with Gasteiger partial charge in [0.05, 0.1) is 12.6 Å². The normalized spacial score (nSPS) is 10.6. The van der Waals surface area contributed by atoms with E-state index in [-0.39, 0.29) is 0 Å². The monoisotopic (exact) mass is 321 g/mol. The minimum absolute atomic E-state index is 0.646. The molecule has 1 atom stereocenters. The highest BCUT2D eigenvalue weighted by molar-refractivity contribution is 14.2. The van der Waals surface area contributed by atoms with Crippen LogP contribution >= 0.6 is 28.4 Å². The Hall–Kier alpha value is -0.220. The summed E-state index contributed by atoms with van der Waals surface area (Å²) in [6.45, 7) is 6.03. The number of pyridine rings is 1. The Labute approximate surface area is 98.6 Å². The molecule has 0 aliphatic heterocycles. The van der Waals surface area contributed by atoms with Crippen LogP contribution in [0.4, 0.5) is 0 Å². The van der Waals surface area contributed by atoms with Gasteiger partial charge in [-0.2, -0.15) is 5.10 Å². The summed E-state index contributed by atoms with van der Waals surface area (Å²) in [5.41, 5.74) is 3.12. The van der Waals surface area contributed by atoms with Gasteiger partial charge in [-0.15, -0.1) is 0 Å². The Morgan fingerprint density at radius 3 is 2.71 bits per heavy atom. The van der Waals surface area contributed by atoms with Crippen molar-refractivity contribution in [1.29, 1.82) is 0 Å². The van der Waals surface area contributed by atoms with E-state index in [4.69, 9.17) is 0 Å². The van der Waals surface area contributed by atoms with Crippen molar-refractivity contribution >= 4 is 39.4 Å². The first-order valence-electron chi connectivity index (χ1n) is 4.48. The first kappa shape index (κ1) is 11.9. The molecule has 0 N–H and O–H groups in total. The van der Waals surface area contributed by atoms with Crippen LogP contribution in [0.5, 0.6) is 0 Å². The van der Waals surface area contributed by atoms with Crippen molar-refractivity contribution in [3.05, 3.63) is 24.0 Å². The van der Waals surface area contributed by atoms with Crippen molar-refractivity contribution in [3.63, 3.8) is 0 Å². The molecule has 2 rings (SSSR count). The van der Waals surface area contributed by atoms with Crippen molar-refractivity contribution in [2.24, 2.45) is 0 Å². The van der Waals surface area contributed by atoms with Crippen molar-refractivity contribution < 1.29 is 0 Å². The van der Waals surface area contributed by atoms with E-state index in [1.165, 1.54) is 0 Å². The van der Waals surface area contributed by atoms with Gasteiger partial charge in [0, 0.05) is 6.20 Å². The maximum absolute atomic E-state index is 4.35. The zero-order valence-corrected chi connectivity index (χ0v) is 11.6. The lowest BCUT2D eigenvalue weighted by molar-refractivity contribution is 1.03. The second kappa shape index (κ2) is 5.61. The average Bonchev–Trinajstić information content (AvgIpc) is 2.62. The van der Waals surface area contributed by atoms with Crippen molar-refractivity contribution in [2.75, 3.05) is 0 Å². The Bertz CT molecular complexity index is 413. The van der Waals surface area contributed by atoms with Crippen molar-refractivity contribution in [1.82, 2.24) is 14.5 Å². The maximum atomic E-state index is 4.35. The summed E-state index contributed by atoms with van der Waals surface area (Å²) in [6.07, 6.45) is 4.48. The van der Waals surface area contributed by atoms with Crippen LogP contribution in [0.15, 0.2) is 18.5 Å². The molecule has 0 spiro atoms. The molecule has 0 aliphatic rings. The van der Waals surface area contributed by atoms with Gasteiger partial charge in [0.15, 0.2) is 0 Å². The molecule has 0 saturated heterocycles. The maximum Gasteiger partial charge on any atom is 0.111 e. The summed E-state index contributed by atoms with van der Waals surface area (Å²) in [7, 11) is 0. The second-order valence-electron chi connectivity index (χ2n) is 2.58. The zero-order valence-electron chi connectivity index (χ0n) is 8.45. The first-order chi connectivity index (χ1) is 6.79. The van der Waals surface area contributed by atoms with E-state index in [2.05, 4.69) is 38.2 Å². The number of aromatic nitrogens is 3. The summed E-state index contributed by atoms with van der Waals surface area (Å²) < 4.78 is 1.91. The molecular formula is C9H13IN3P. The van der Waals surface area contributed by atoms with E-state index in [9.17, 15) is 0 Å². The van der Waals surface area contributed by atoms with Crippen LogP contribution in [0.25, 0.3) is 11.0 Å². The zero-order chi connectivity index (χ0) is 10.6. The van der Waals surface area contributed by atoms with Gasteiger partial charge >= 0.3 is 0 Å². The summed E-state index contributed by atoms with van der Waals surface area (Å²) in [4.78, 5) is 4.27. The molecule has 3 nitrogen and oxygen atoms in total. The molecule has 0 aliphatic carbocycles. The van der Waals surface area contributed by atoms with Gasteiger partial charge in [-0.05, 0) is 40.6 Å². The molecule has 14 heavy (non-hydrogen) atoms. The third kappa shape index (κ3) is 2.64. The lowest BCUT2D eigenvalue weighted by atomic mass is 10.3. The van der Waals surface area contributed by atoms with Gasteiger partial charge in [0.25, 0.3) is 0 Å². The van der Waals surface area contributed by atoms with E-state index in [0.29, 0.717) is 6.37 Å². The molecule has 1 unspecified atom stereocenters. The highest BCUT2D eigenvalue weighted by atomic mass is 127. The van der Waals surface area contributed by atoms with Crippen LogP contribution in [-0.4, -0.2) is 14.5 Å². The Balaban J connectivity index is 0.000000461.